The minimum Gasteiger partial charge on any atom is -0.477 e. The molecule has 0 aromatic heterocycles. The summed E-state index contributed by atoms with van der Waals surface area (Å²) in [6.07, 6.45) is 33.3. The summed E-state index contributed by atoms with van der Waals surface area (Å²) in [4.78, 5) is 15.8. The summed E-state index contributed by atoms with van der Waals surface area (Å²) in [6, 6.07) is 0. The van der Waals surface area contributed by atoms with E-state index in [-0.39, 0.29) is 6.54 Å². The lowest BCUT2D eigenvalue weighted by Gasteiger charge is -2.30. The van der Waals surface area contributed by atoms with E-state index in [1.54, 1.807) is 6.20 Å². The number of hydrogen-bond acceptors (Lipinski definition) is 3. The van der Waals surface area contributed by atoms with Crippen molar-refractivity contribution < 1.29 is 14.4 Å². The van der Waals surface area contributed by atoms with Gasteiger partial charge in [0.25, 0.3) is 0 Å². The van der Waals surface area contributed by atoms with E-state index in [1.165, 1.54) is 109 Å². The van der Waals surface area contributed by atoms with Crippen LogP contribution < -0.4 is 5.73 Å². The Balaban J connectivity index is 1.88. The Kier molecular flexibility index (Phi) is 18.8. The molecule has 196 valence electrons. The molecule has 0 aliphatic carbocycles. The monoisotopic (exact) mass is 476 g/mol. The highest BCUT2D eigenvalue weighted by Crippen LogP contribution is 2.21. The third kappa shape index (κ3) is 14.7. The second-order valence-electron chi connectivity index (χ2n) is 10.0. The number of nitrogens with zero attached hydrogens (tertiary/aromatic N) is 2. The highest BCUT2D eigenvalue weighted by molar-refractivity contribution is 5.81. The number of hydrogen-bond donors (Lipinski definition) is 2. The van der Waals surface area contributed by atoms with Crippen LogP contribution in [0.15, 0.2) is 29.5 Å². The van der Waals surface area contributed by atoms with E-state index in [2.05, 4.69) is 24.1 Å². The van der Waals surface area contributed by atoms with E-state index in [0.29, 0.717) is 17.6 Å². The van der Waals surface area contributed by atoms with Crippen LogP contribution in [-0.2, 0) is 4.79 Å². The maximum Gasteiger partial charge on any atom is 0.360 e. The topological polar surface area (TPSA) is 75.7 Å². The van der Waals surface area contributed by atoms with Gasteiger partial charge in [0.15, 0.2) is 6.54 Å². The Bertz CT molecular complexity index is 600. The lowest BCUT2D eigenvalue weighted by atomic mass is 10.0. The molecule has 0 spiro atoms. The number of quaternary nitrogens is 1. The molecule has 0 amide bonds. The highest BCUT2D eigenvalue weighted by Gasteiger charge is 2.36. The van der Waals surface area contributed by atoms with E-state index in [1.807, 2.05) is 6.20 Å². The first-order valence-corrected chi connectivity index (χ1v) is 14.3. The standard InChI is InChI=1S/C29H53N3O2/c1-2-3-4-5-6-7-8-9-10-11-12-13-14-15-16-17-18-19-20-21-22-28-31-24-26-32(28,25-23-30)27-29(33)34/h3-4,24,26H,2,5-23,25,27,30H2,1H3/p+1/b4-3+. The SMILES string of the molecule is CC/C=C/CCCCCCCCCCCCCCCCCCC1=NC=C[N+]1(CCN)CC(=O)O. The van der Waals surface area contributed by atoms with Crippen LogP contribution in [0.2, 0.25) is 0 Å². The summed E-state index contributed by atoms with van der Waals surface area (Å²) in [5, 5.41) is 9.28. The lowest BCUT2D eigenvalue weighted by Crippen LogP contribution is -2.52. The van der Waals surface area contributed by atoms with Crippen molar-refractivity contribution in [3.63, 3.8) is 0 Å². The largest absolute Gasteiger partial charge is 0.477 e. The molecule has 5 heteroatoms. The van der Waals surface area contributed by atoms with Crippen LogP contribution >= 0.6 is 0 Å². The van der Waals surface area contributed by atoms with E-state index in [4.69, 9.17) is 5.73 Å². The summed E-state index contributed by atoms with van der Waals surface area (Å²) in [6.45, 7) is 3.32. The van der Waals surface area contributed by atoms with Crippen LogP contribution in [-0.4, -0.2) is 41.0 Å². The number of unbranched alkanes of at least 4 members (excludes halogenated alkanes) is 16. The quantitative estimate of drug-likeness (QED) is 0.0850. The number of rotatable bonds is 24. The second-order valence-corrected chi connectivity index (χ2v) is 10.0. The Hall–Kier alpha value is -1.46. The molecular formula is C29H54N3O2+. The van der Waals surface area contributed by atoms with Crippen LogP contribution in [0.1, 0.15) is 129 Å². The maximum atomic E-state index is 11.3. The molecule has 1 aliphatic rings. The molecule has 1 rings (SSSR count). The fraction of sp³-hybridized carbons (Fsp3) is 0.793. The van der Waals surface area contributed by atoms with Crippen molar-refractivity contribution in [1.82, 2.24) is 0 Å². The van der Waals surface area contributed by atoms with Crippen molar-refractivity contribution in [2.45, 2.75) is 129 Å². The molecule has 1 atom stereocenters. The molecule has 0 aromatic carbocycles. The number of aliphatic carboxylic acids is 1. The molecule has 0 saturated carbocycles. The molecule has 1 heterocycles. The van der Waals surface area contributed by atoms with Gasteiger partial charge in [-0.3, -0.25) is 0 Å². The van der Waals surface area contributed by atoms with E-state index in [9.17, 15) is 9.90 Å². The number of amidine groups is 1. The number of carboxylic acids is 1. The van der Waals surface area contributed by atoms with Crippen LogP contribution in [0.25, 0.3) is 0 Å². The molecule has 3 N–H and O–H groups in total. The summed E-state index contributed by atoms with van der Waals surface area (Å²) in [5.41, 5.74) is 5.74. The first-order valence-electron chi connectivity index (χ1n) is 14.3. The Morgan fingerprint density at radius 1 is 0.853 bits per heavy atom. The van der Waals surface area contributed by atoms with Gasteiger partial charge < -0.3 is 10.8 Å². The third-order valence-corrected chi connectivity index (χ3v) is 6.96. The van der Waals surface area contributed by atoms with Crippen LogP contribution in [0.4, 0.5) is 0 Å². The molecule has 1 aliphatic heterocycles. The van der Waals surface area contributed by atoms with Gasteiger partial charge in [0.05, 0.1) is 6.20 Å². The zero-order chi connectivity index (χ0) is 24.7. The number of carboxylic acid groups (broad SMARTS) is 1. The molecule has 5 nitrogen and oxygen atoms in total. The predicted octanol–water partition coefficient (Wildman–Crippen LogP) is 7.72. The molecular weight excluding hydrogens is 422 g/mol. The van der Waals surface area contributed by atoms with E-state index >= 15 is 0 Å². The fourth-order valence-electron chi connectivity index (χ4n) is 4.94. The summed E-state index contributed by atoms with van der Waals surface area (Å²) < 4.78 is 0.308. The van der Waals surface area contributed by atoms with Crippen LogP contribution in [0.5, 0.6) is 0 Å². The van der Waals surface area contributed by atoms with Gasteiger partial charge in [-0.1, -0.05) is 109 Å². The molecule has 0 radical (unpaired) electrons. The van der Waals surface area contributed by atoms with Crippen molar-refractivity contribution in [2.75, 3.05) is 19.6 Å². The molecule has 0 aromatic rings. The van der Waals surface area contributed by atoms with Gasteiger partial charge in [-0.25, -0.2) is 14.3 Å². The van der Waals surface area contributed by atoms with Gasteiger partial charge in [-0.2, -0.15) is 0 Å². The highest BCUT2D eigenvalue weighted by atomic mass is 16.4. The Labute approximate surface area is 210 Å². The van der Waals surface area contributed by atoms with Gasteiger partial charge in [0, 0.05) is 13.0 Å². The minimum absolute atomic E-state index is 0.0454. The second kappa shape index (κ2) is 20.9. The predicted molar refractivity (Wildman–Crippen MR) is 146 cm³/mol. The third-order valence-electron chi connectivity index (χ3n) is 6.96. The van der Waals surface area contributed by atoms with E-state index in [0.717, 1.165) is 18.7 Å². The Morgan fingerprint density at radius 2 is 1.35 bits per heavy atom. The lowest BCUT2D eigenvalue weighted by molar-refractivity contribution is -0.778. The van der Waals surface area contributed by atoms with Crippen molar-refractivity contribution in [3.8, 4) is 0 Å². The average molecular weight is 477 g/mol. The molecule has 0 saturated heterocycles. The first kappa shape index (κ1) is 30.6. The normalized spacial score (nSPS) is 17.6. The molecule has 1 unspecified atom stereocenters. The van der Waals surface area contributed by atoms with Crippen molar-refractivity contribution >= 4 is 11.8 Å². The molecule has 0 fully saturated rings. The molecule has 0 bridgehead atoms. The Morgan fingerprint density at radius 3 is 1.82 bits per heavy atom. The van der Waals surface area contributed by atoms with Crippen molar-refractivity contribution in [3.05, 3.63) is 24.6 Å². The molecule has 34 heavy (non-hydrogen) atoms. The zero-order valence-electron chi connectivity index (χ0n) is 22.2. The van der Waals surface area contributed by atoms with Gasteiger partial charge in [-0.15, -0.1) is 0 Å². The van der Waals surface area contributed by atoms with Crippen molar-refractivity contribution in [1.29, 1.82) is 0 Å². The van der Waals surface area contributed by atoms with Gasteiger partial charge in [0.1, 0.15) is 12.7 Å². The number of carbonyl (C=O) groups is 1. The summed E-state index contributed by atoms with van der Waals surface area (Å²) in [5.74, 6) is 0.168. The number of allylic oxidation sites excluding steroid dienone is 2. The number of aliphatic imine (C=N–C) groups is 1. The van der Waals surface area contributed by atoms with Gasteiger partial charge in [-0.05, 0) is 25.7 Å². The minimum atomic E-state index is -0.797. The maximum absolute atomic E-state index is 11.3. The number of nitrogens with two attached hydrogens (primary N) is 1. The van der Waals surface area contributed by atoms with Gasteiger partial charge in [0.2, 0.25) is 5.84 Å². The van der Waals surface area contributed by atoms with E-state index < -0.39 is 5.97 Å². The van der Waals surface area contributed by atoms with Crippen LogP contribution in [0.3, 0.4) is 0 Å². The summed E-state index contributed by atoms with van der Waals surface area (Å²) in [7, 11) is 0. The smallest absolute Gasteiger partial charge is 0.360 e. The van der Waals surface area contributed by atoms with Crippen LogP contribution in [0, 0.1) is 0 Å². The van der Waals surface area contributed by atoms with Crippen molar-refractivity contribution in [2.24, 2.45) is 10.7 Å². The zero-order valence-corrected chi connectivity index (χ0v) is 22.2. The first-order chi connectivity index (χ1) is 16.6. The average Bonchev–Trinajstić information content (AvgIpc) is 3.19. The fourth-order valence-corrected chi connectivity index (χ4v) is 4.94. The summed E-state index contributed by atoms with van der Waals surface area (Å²) >= 11 is 0. The van der Waals surface area contributed by atoms with Gasteiger partial charge >= 0.3 is 5.97 Å².